The predicted molar refractivity (Wildman–Crippen MR) is 117 cm³/mol. The van der Waals surface area contributed by atoms with Gasteiger partial charge >= 0.3 is 0 Å². The molecule has 0 radical (unpaired) electrons. The third-order valence-corrected chi connectivity index (χ3v) is 6.19. The summed E-state index contributed by atoms with van der Waals surface area (Å²) in [5, 5.41) is 3.57. The van der Waals surface area contributed by atoms with Crippen molar-refractivity contribution in [2.75, 3.05) is 35.6 Å². The molecule has 2 aromatic rings. The van der Waals surface area contributed by atoms with Crippen LogP contribution in [0, 0.1) is 0 Å². The molecule has 0 aliphatic carbocycles. The van der Waals surface area contributed by atoms with Crippen LogP contribution < -0.4 is 10.2 Å². The Kier molecular flexibility index (Phi) is 6.32. The smallest absolute Gasteiger partial charge is 0.255 e. The third-order valence-electron chi connectivity index (χ3n) is 5.24. The number of benzene rings is 1. The number of thioether (sulfide) groups is 1. The van der Waals surface area contributed by atoms with Gasteiger partial charge in [-0.3, -0.25) is 14.4 Å². The van der Waals surface area contributed by atoms with Gasteiger partial charge in [-0.05, 0) is 49.6 Å². The van der Waals surface area contributed by atoms with Crippen LogP contribution in [0.1, 0.15) is 36.0 Å². The van der Waals surface area contributed by atoms with E-state index in [-0.39, 0.29) is 23.5 Å². The second-order valence-corrected chi connectivity index (χ2v) is 8.42. The van der Waals surface area contributed by atoms with E-state index in [1.165, 1.54) is 11.8 Å². The third kappa shape index (κ3) is 4.81. The highest BCUT2D eigenvalue weighted by Crippen LogP contribution is 2.24. The maximum atomic E-state index is 12.4. The van der Waals surface area contributed by atoms with E-state index in [2.05, 4.69) is 10.3 Å². The Labute approximate surface area is 179 Å². The lowest BCUT2D eigenvalue weighted by Gasteiger charge is -2.16. The first-order valence-electron chi connectivity index (χ1n) is 10.2. The average molecular weight is 425 g/mol. The SMILES string of the molecule is O=C(CSc1ccc(C(=O)N2CCCC2)cn1)Nc1cccc(N2CCCC2=O)c1. The van der Waals surface area contributed by atoms with Gasteiger partial charge in [0.2, 0.25) is 11.8 Å². The normalized spacial score (nSPS) is 16.2. The summed E-state index contributed by atoms with van der Waals surface area (Å²) >= 11 is 1.32. The first-order chi connectivity index (χ1) is 14.6. The predicted octanol–water partition coefficient (Wildman–Crippen LogP) is 3.18. The van der Waals surface area contributed by atoms with Crippen LogP contribution in [-0.4, -0.2) is 53.0 Å². The number of aromatic nitrogens is 1. The van der Waals surface area contributed by atoms with Crippen LogP contribution in [0.3, 0.4) is 0 Å². The van der Waals surface area contributed by atoms with Crippen LogP contribution in [-0.2, 0) is 9.59 Å². The van der Waals surface area contributed by atoms with Crippen molar-refractivity contribution in [2.45, 2.75) is 30.7 Å². The van der Waals surface area contributed by atoms with E-state index in [9.17, 15) is 14.4 Å². The highest BCUT2D eigenvalue weighted by molar-refractivity contribution is 7.99. The number of anilines is 2. The van der Waals surface area contributed by atoms with E-state index in [4.69, 9.17) is 0 Å². The standard InChI is InChI=1S/C22H24N4O3S/c27-19(24-17-5-3-6-18(13-17)26-12-4-7-21(26)28)15-30-20-9-8-16(14-23-20)22(29)25-10-1-2-11-25/h3,5-6,8-9,13-14H,1-2,4,7,10-12,15H2,(H,24,27). The zero-order valence-electron chi connectivity index (χ0n) is 16.7. The van der Waals surface area contributed by atoms with Gasteiger partial charge in [-0.15, -0.1) is 0 Å². The van der Waals surface area contributed by atoms with Gasteiger partial charge in [0.05, 0.1) is 16.3 Å². The molecule has 8 heteroatoms. The Morgan fingerprint density at radius 2 is 1.90 bits per heavy atom. The molecule has 0 atom stereocenters. The molecule has 1 N–H and O–H groups in total. The highest BCUT2D eigenvalue weighted by atomic mass is 32.2. The fourth-order valence-electron chi connectivity index (χ4n) is 3.70. The average Bonchev–Trinajstić information content (AvgIpc) is 3.44. The molecule has 2 aliphatic heterocycles. The number of nitrogens with zero attached hydrogens (tertiary/aromatic N) is 3. The molecule has 0 unspecified atom stereocenters. The molecule has 2 fully saturated rings. The van der Waals surface area contributed by atoms with Gasteiger partial charge in [-0.1, -0.05) is 17.8 Å². The molecule has 156 valence electrons. The molecule has 3 amide bonds. The van der Waals surface area contributed by atoms with E-state index in [0.29, 0.717) is 29.2 Å². The molecule has 7 nitrogen and oxygen atoms in total. The van der Waals surface area contributed by atoms with Gasteiger partial charge in [0, 0.05) is 43.6 Å². The van der Waals surface area contributed by atoms with Crippen molar-refractivity contribution in [3.63, 3.8) is 0 Å². The van der Waals surface area contributed by atoms with Crippen molar-refractivity contribution in [1.82, 2.24) is 9.88 Å². The van der Waals surface area contributed by atoms with Gasteiger partial charge in [0.25, 0.3) is 5.91 Å². The second-order valence-electron chi connectivity index (χ2n) is 7.42. The number of hydrogen-bond acceptors (Lipinski definition) is 5. The maximum Gasteiger partial charge on any atom is 0.255 e. The van der Waals surface area contributed by atoms with Crippen LogP contribution in [0.15, 0.2) is 47.6 Å². The summed E-state index contributed by atoms with van der Waals surface area (Å²) in [7, 11) is 0. The zero-order chi connectivity index (χ0) is 20.9. The van der Waals surface area contributed by atoms with Crippen molar-refractivity contribution in [3.8, 4) is 0 Å². The van der Waals surface area contributed by atoms with Gasteiger partial charge < -0.3 is 15.1 Å². The largest absolute Gasteiger partial charge is 0.339 e. The number of hydrogen-bond donors (Lipinski definition) is 1. The molecule has 0 bridgehead atoms. The summed E-state index contributed by atoms with van der Waals surface area (Å²) in [6.07, 6.45) is 5.13. The van der Waals surface area contributed by atoms with E-state index in [1.54, 1.807) is 23.2 Å². The van der Waals surface area contributed by atoms with E-state index < -0.39 is 0 Å². The molecule has 3 heterocycles. The maximum absolute atomic E-state index is 12.4. The van der Waals surface area contributed by atoms with Gasteiger partial charge in [0.1, 0.15) is 0 Å². The number of amides is 3. The highest BCUT2D eigenvalue weighted by Gasteiger charge is 2.22. The van der Waals surface area contributed by atoms with E-state index in [1.807, 2.05) is 29.2 Å². The van der Waals surface area contributed by atoms with Crippen LogP contribution in [0.25, 0.3) is 0 Å². The molecule has 2 saturated heterocycles. The Bertz CT molecular complexity index is 942. The Morgan fingerprint density at radius 3 is 2.60 bits per heavy atom. The van der Waals surface area contributed by atoms with Gasteiger partial charge in [-0.2, -0.15) is 0 Å². The Balaban J connectivity index is 1.29. The summed E-state index contributed by atoms with van der Waals surface area (Å²) in [6, 6.07) is 10.9. The lowest BCUT2D eigenvalue weighted by molar-refractivity contribution is -0.117. The van der Waals surface area contributed by atoms with Gasteiger partial charge in [-0.25, -0.2) is 4.98 Å². The van der Waals surface area contributed by atoms with Crippen LogP contribution in [0.4, 0.5) is 11.4 Å². The summed E-state index contributed by atoms with van der Waals surface area (Å²) in [5.74, 6) is 0.195. The number of rotatable bonds is 6. The Hall–Kier alpha value is -2.87. The lowest BCUT2D eigenvalue weighted by Crippen LogP contribution is -2.27. The first-order valence-corrected chi connectivity index (χ1v) is 11.2. The minimum Gasteiger partial charge on any atom is -0.339 e. The molecular formula is C22H24N4O3S. The van der Waals surface area contributed by atoms with Crippen molar-refractivity contribution >= 4 is 40.9 Å². The van der Waals surface area contributed by atoms with E-state index in [0.717, 1.165) is 38.0 Å². The molecule has 1 aromatic heterocycles. The first kappa shape index (κ1) is 20.4. The van der Waals surface area contributed by atoms with Crippen LogP contribution >= 0.6 is 11.8 Å². The number of carbonyl (C=O) groups excluding carboxylic acids is 3. The fraction of sp³-hybridized carbons (Fsp3) is 0.364. The Morgan fingerprint density at radius 1 is 1.07 bits per heavy atom. The number of pyridine rings is 1. The van der Waals surface area contributed by atoms with Crippen molar-refractivity contribution < 1.29 is 14.4 Å². The molecule has 0 spiro atoms. The molecule has 4 rings (SSSR count). The van der Waals surface area contributed by atoms with Gasteiger partial charge in [0.15, 0.2) is 0 Å². The van der Waals surface area contributed by atoms with Crippen molar-refractivity contribution in [3.05, 3.63) is 48.2 Å². The monoisotopic (exact) mass is 424 g/mol. The van der Waals surface area contributed by atoms with Crippen molar-refractivity contribution in [2.24, 2.45) is 0 Å². The summed E-state index contributed by atoms with van der Waals surface area (Å²) in [6.45, 7) is 2.33. The van der Waals surface area contributed by atoms with E-state index >= 15 is 0 Å². The summed E-state index contributed by atoms with van der Waals surface area (Å²) in [4.78, 5) is 44.5. The number of carbonyl (C=O) groups is 3. The zero-order valence-corrected chi connectivity index (χ0v) is 17.5. The molecular weight excluding hydrogens is 400 g/mol. The fourth-order valence-corrected chi connectivity index (χ4v) is 4.35. The molecule has 0 saturated carbocycles. The number of likely N-dealkylation sites (tertiary alicyclic amines) is 1. The molecule has 2 aliphatic rings. The second kappa shape index (κ2) is 9.30. The minimum atomic E-state index is -0.149. The summed E-state index contributed by atoms with van der Waals surface area (Å²) in [5.41, 5.74) is 2.05. The summed E-state index contributed by atoms with van der Waals surface area (Å²) < 4.78 is 0. The van der Waals surface area contributed by atoms with Crippen LogP contribution in [0.5, 0.6) is 0 Å². The van der Waals surface area contributed by atoms with Crippen LogP contribution in [0.2, 0.25) is 0 Å². The molecule has 30 heavy (non-hydrogen) atoms. The minimum absolute atomic E-state index is 0.0191. The molecule has 1 aromatic carbocycles. The number of nitrogens with one attached hydrogen (secondary N) is 1. The topological polar surface area (TPSA) is 82.6 Å². The quantitative estimate of drug-likeness (QED) is 0.720. The van der Waals surface area contributed by atoms with Crippen molar-refractivity contribution in [1.29, 1.82) is 0 Å². The lowest BCUT2D eigenvalue weighted by atomic mass is 10.2.